The second kappa shape index (κ2) is 8.17. The number of carbonyl (C=O) groups is 1. The number of nitrogens with one attached hydrogen (secondary N) is 1. The Morgan fingerprint density at radius 2 is 1.82 bits per heavy atom. The molecule has 2 heterocycles. The molecule has 0 radical (unpaired) electrons. The molecule has 1 N–H and O–H groups in total. The summed E-state index contributed by atoms with van der Waals surface area (Å²) in [4.78, 5) is 17.3. The molecule has 150 valence electrons. The van der Waals surface area contributed by atoms with Gasteiger partial charge in [0.2, 0.25) is 15.9 Å². The maximum absolute atomic E-state index is 13.3. The largest absolute Gasteiger partial charge is 0.353 e. The standard InChI is InChI=1S/C21H27N3O3S/c25-21(23-18-10-2-1-3-11-18)17-9-6-14-24(15-17)28(26,27)19-12-4-7-16-8-5-13-22-20(16)19/h4-5,7-8,12-13,17-18H,1-3,6,9-11,14-15H2,(H,23,25)/t17-/m1/s1. The highest BCUT2D eigenvalue weighted by Gasteiger charge is 2.35. The van der Waals surface area contributed by atoms with E-state index in [1.165, 1.54) is 10.7 Å². The van der Waals surface area contributed by atoms with Gasteiger partial charge >= 0.3 is 0 Å². The van der Waals surface area contributed by atoms with Gasteiger partial charge in [0.05, 0.1) is 11.4 Å². The molecule has 1 saturated heterocycles. The van der Waals surface area contributed by atoms with Crippen molar-refractivity contribution >= 4 is 26.8 Å². The number of amides is 1. The lowest BCUT2D eigenvalue weighted by atomic mass is 9.93. The molecule has 1 saturated carbocycles. The van der Waals surface area contributed by atoms with Gasteiger partial charge in [0.15, 0.2) is 0 Å². The highest BCUT2D eigenvalue weighted by atomic mass is 32.2. The van der Waals surface area contributed by atoms with Crippen LogP contribution >= 0.6 is 0 Å². The summed E-state index contributed by atoms with van der Waals surface area (Å²) >= 11 is 0. The summed E-state index contributed by atoms with van der Waals surface area (Å²) in [6.45, 7) is 0.683. The van der Waals surface area contributed by atoms with Crippen LogP contribution in [-0.2, 0) is 14.8 Å². The number of rotatable bonds is 4. The number of hydrogen-bond donors (Lipinski definition) is 1. The van der Waals surface area contributed by atoms with Gasteiger partial charge in [-0.1, -0.05) is 37.5 Å². The van der Waals surface area contributed by atoms with E-state index in [1.807, 2.05) is 12.1 Å². The Balaban J connectivity index is 1.52. The average Bonchev–Trinajstić information content (AvgIpc) is 2.74. The Morgan fingerprint density at radius 1 is 1.04 bits per heavy atom. The third-order valence-electron chi connectivity index (χ3n) is 5.92. The van der Waals surface area contributed by atoms with Gasteiger partial charge in [0.25, 0.3) is 0 Å². The van der Waals surface area contributed by atoms with E-state index in [0.717, 1.165) is 37.5 Å². The van der Waals surface area contributed by atoms with Crippen molar-refractivity contribution in [3.8, 4) is 0 Å². The average molecular weight is 402 g/mol. The van der Waals surface area contributed by atoms with E-state index in [0.29, 0.717) is 18.5 Å². The molecule has 1 aliphatic heterocycles. The Hall–Kier alpha value is -1.99. The Bertz CT molecular complexity index is 949. The Morgan fingerprint density at radius 3 is 2.64 bits per heavy atom. The first-order valence-corrected chi connectivity index (χ1v) is 11.6. The first-order chi connectivity index (χ1) is 13.6. The molecule has 2 aliphatic rings. The number of piperidine rings is 1. The highest BCUT2D eigenvalue weighted by molar-refractivity contribution is 7.89. The molecular weight excluding hydrogens is 374 g/mol. The third-order valence-corrected chi connectivity index (χ3v) is 7.82. The first kappa shape index (κ1) is 19.3. The summed E-state index contributed by atoms with van der Waals surface area (Å²) in [7, 11) is -3.70. The maximum atomic E-state index is 13.3. The number of pyridine rings is 1. The second-order valence-electron chi connectivity index (χ2n) is 7.88. The number of nitrogens with zero attached hydrogens (tertiary/aromatic N) is 2. The number of aromatic nitrogens is 1. The van der Waals surface area contributed by atoms with E-state index >= 15 is 0 Å². The van der Waals surface area contributed by atoms with Gasteiger partial charge in [-0.05, 0) is 37.8 Å². The fourth-order valence-corrected chi connectivity index (χ4v) is 6.05. The molecule has 0 bridgehead atoms. The van der Waals surface area contributed by atoms with Gasteiger partial charge in [-0.25, -0.2) is 8.42 Å². The molecule has 0 unspecified atom stereocenters. The van der Waals surface area contributed by atoms with Crippen LogP contribution in [-0.4, -0.2) is 42.7 Å². The molecule has 1 aromatic carbocycles. The van der Waals surface area contributed by atoms with Crippen LogP contribution in [0.3, 0.4) is 0 Å². The van der Waals surface area contributed by atoms with Crippen molar-refractivity contribution in [3.63, 3.8) is 0 Å². The lowest BCUT2D eigenvalue weighted by Crippen LogP contribution is -2.47. The van der Waals surface area contributed by atoms with Crippen molar-refractivity contribution in [1.29, 1.82) is 0 Å². The molecule has 1 aromatic heterocycles. The normalized spacial score (nSPS) is 22.2. The third kappa shape index (κ3) is 3.91. The van der Waals surface area contributed by atoms with Gasteiger partial charge in [0, 0.05) is 30.7 Å². The van der Waals surface area contributed by atoms with E-state index in [9.17, 15) is 13.2 Å². The van der Waals surface area contributed by atoms with Crippen molar-refractivity contribution < 1.29 is 13.2 Å². The molecule has 4 rings (SSSR count). The predicted octanol–water partition coefficient (Wildman–Crippen LogP) is 3.08. The van der Waals surface area contributed by atoms with Crippen LogP contribution in [0.5, 0.6) is 0 Å². The number of fused-ring (bicyclic) bond motifs is 1. The smallest absolute Gasteiger partial charge is 0.245 e. The van der Waals surface area contributed by atoms with Gasteiger partial charge < -0.3 is 5.32 Å². The fraction of sp³-hybridized carbons (Fsp3) is 0.524. The minimum Gasteiger partial charge on any atom is -0.353 e. The van der Waals surface area contributed by atoms with Crippen molar-refractivity contribution in [2.45, 2.75) is 55.9 Å². The molecule has 1 atom stereocenters. The van der Waals surface area contributed by atoms with Crippen LogP contribution < -0.4 is 5.32 Å². The summed E-state index contributed by atoms with van der Waals surface area (Å²) in [5, 5.41) is 3.96. The van der Waals surface area contributed by atoms with Crippen LogP contribution in [0.25, 0.3) is 10.9 Å². The van der Waals surface area contributed by atoms with Crippen molar-refractivity contribution in [2.75, 3.05) is 13.1 Å². The number of sulfonamides is 1. The van der Waals surface area contributed by atoms with Gasteiger partial charge in [-0.3, -0.25) is 9.78 Å². The van der Waals surface area contributed by atoms with E-state index in [1.54, 1.807) is 24.4 Å². The predicted molar refractivity (Wildman–Crippen MR) is 108 cm³/mol. The van der Waals surface area contributed by atoms with E-state index in [-0.39, 0.29) is 29.3 Å². The molecule has 2 aromatic rings. The Labute approximate surface area is 166 Å². The molecule has 7 heteroatoms. The molecule has 6 nitrogen and oxygen atoms in total. The highest BCUT2D eigenvalue weighted by Crippen LogP contribution is 2.28. The van der Waals surface area contributed by atoms with Gasteiger partial charge in [0.1, 0.15) is 4.90 Å². The lowest BCUT2D eigenvalue weighted by Gasteiger charge is -2.33. The van der Waals surface area contributed by atoms with Crippen molar-refractivity contribution in [3.05, 3.63) is 36.5 Å². The summed E-state index contributed by atoms with van der Waals surface area (Å²) in [5.74, 6) is -0.281. The van der Waals surface area contributed by atoms with E-state index < -0.39 is 10.0 Å². The van der Waals surface area contributed by atoms with Crippen molar-refractivity contribution in [1.82, 2.24) is 14.6 Å². The maximum Gasteiger partial charge on any atom is 0.245 e. The molecule has 28 heavy (non-hydrogen) atoms. The quantitative estimate of drug-likeness (QED) is 0.854. The zero-order valence-electron chi connectivity index (χ0n) is 16.0. The molecule has 2 fully saturated rings. The van der Waals surface area contributed by atoms with E-state index in [2.05, 4.69) is 10.3 Å². The SMILES string of the molecule is O=C(NC1CCCCC1)[C@@H]1CCCN(S(=O)(=O)c2cccc3cccnc23)C1. The second-order valence-corrected chi connectivity index (χ2v) is 9.78. The zero-order chi connectivity index (χ0) is 19.6. The van der Waals surface area contributed by atoms with Crippen LogP contribution in [0.2, 0.25) is 0 Å². The number of para-hydroxylation sites is 1. The minimum absolute atomic E-state index is 0.00263. The first-order valence-electron chi connectivity index (χ1n) is 10.2. The topological polar surface area (TPSA) is 79.4 Å². The van der Waals surface area contributed by atoms with Crippen LogP contribution in [0.1, 0.15) is 44.9 Å². The van der Waals surface area contributed by atoms with Crippen molar-refractivity contribution in [2.24, 2.45) is 5.92 Å². The van der Waals surface area contributed by atoms with E-state index in [4.69, 9.17) is 0 Å². The number of carbonyl (C=O) groups excluding carboxylic acids is 1. The fourth-order valence-electron chi connectivity index (χ4n) is 4.36. The van der Waals surface area contributed by atoms with Crippen LogP contribution in [0, 0.1) is 5.92 Å². The summed E-state index contributed by atoms with van der Waals surface area (Å²) in [5.41, 5.74) is 0.485. The lowest BCUT2D eigenvalue weighted by molar-refractivity contribution is -0.127. The summed E-state index contributed by atoms with van der Waals surface area (Å²) < 4.78 is 28.1. The minimum atomic E-state index is -3.70. The number of benzene rings is 1. The van der Waals surface area contributed by atoms with Crippen LogP contribution in [0.15, 0.2) is 41.4 Å². The zero-order valence-corrected chi connectivity index (χ0v) is 16.8. The Kier molecular flexibility index (Phi) is 5.64. The number of hydrogen-bond acceptors (Lipinski definition) is 4. The monoisotopic (exact) mass is 401 g/mol. The van der Waals surface area contributed by atoms with Gasteiger partial charge in [-0.15, -0.1) is 0 Å². The summed E-state index contributed by atoms with van der Waals surface area (Å²) in [6.07, 6.45) is 8.65. The van der Waals surface area contributed by atoms with Crippen LogP contribution in [0.4, 0.5) is 0 Å². The molecule has 1 aliphatic carbocycles. The summed E-state index contributed by atoms with van der Waals surface area (Å²) in [6, 6.07) is 9.11. The van der Waals surface area contributed by atoms with Gasteiger partial charge in [-0.2, -0.15) is 4.31 Å². The molecule has 0 spiro atoms. The molecular formula is C21H27N3O3S. The molecule has 1 amide bonds.